The van der Waals surface area contributed by atoms with Crippen molar-refractivity contribution < 1.29 is 18.7 Å². The van der Waals surface area contributed by atoms with Crippen molar-refractivity contribution in [3.05, 3.63) is 72.3 Å². The molecular formula is C22H24N4O4. The summed E-state index contributed by atoms with van der Waals surface area (Å²) in [6, 6.07) is 12.9. The molecule has 1 fully saturated rings. The molecular weight excluding hydrogens is 384 g/mol. The zero-order valence-corrected chi connectivity index (χ0v) is 16.7. The van der Waals surface area contributed by atoms with Gasteiger partial charge in [0, 0.05) is 26.3 Å². The number of amides is 2. The zero-order chi connectivity index (χ0) is 20.9. The van der Waals surface area contributed by atoms with Crippen molar-refractivity contribution in [3.63, 3.8) is 0 Å². The molecule has 2 aromatic heterocycles. The van der Waals surface area contributed by atoms with E-state index < -0.39 is 6.10 Å². The van der Waals surface area contributed by atoms with Gasteiger partial charge in [0.2, 0.25) is 0 Å². The van der Waals surface area contributed by atoms with E-state index in [1.165, 1.54) is 19.6 Å². The number of nitrogens with zero attached hydrogens (tertiary/aromatic N) is 3. The minimum Gasteiger partial charge on any atom is -0.472 e. The highest BCUT2D eigenvalue weighted by Crippen LogP contribution is 2.27. The van der Waals surface area contributed by atoms with Gasteiger partial charge in [0.05, 0.1) is 24.1 Å². The first-order valence-corrected chi connectivity index (χ1v) is 9.91. The summed E-state index contributed by atoms with van der Waals surface area (Å²) in [7, 11) is 1.52. The topological polar surface area (TPSA) is 89.6 Å². The average Bonchev–Trinajstić information content (AvgIpc) is 3.47. The van der Waals surface area contributed by atoms with Gasteiger partial charge >= 0.3 is 0 Å². The fraction of sp³-hybridized carbons (Fsp3) is 0.318. The first-order chi connectivity index (χ1) is 14.7. The molecule has 1 saturated heterocycles. The van der Waals surface area contributed by atoms with Crippen molar-refractivity contribution in [2.75, 3.05) is 25.5 Å². The lowest BCUT2D eigenvalue weighted by Crippen LogP contribution is -2.39. The standard InChI is InChI=1S/C22H24N4O4/c1-29-20(16-5-3-2-4-6-16)21(27)24-19-7-11-23-26(19)18-8-12-25(13-9-18)22(28)17-10-14-30-15-17/h2-7,10-11,14-15,18,20H,8-9,12-13H2,1H3,(H,24,27). The van der Waals surface area contributed by atoms with E-state index in [2.05, 4.69) is 10.4 Å². The molecule has 30 heavy (non-hydrogen) atoms. The van der Waals surface area contributed by atoms with Gasteiger partial charge in [-0.3, -0.25) is 9.59 Å². The van der Waals surface area contributed by atoms with E-state index in [4.69, 9.17) is 9.15 Å². The Balaban J connectivity index is 1.40. The van der Waals surface area contributed by atoms with E-state index in [1.807, 2.05) is 39.9 Å². The minimum atomic E-state index is -0.705. The van der Waals surface area contributed by atoms with Gasteiger partial charge in [-0.15, -0.1) is 0 Å². The Kier molecular flexibility index (Phi) is 5.94. The summed E-state index contributed by atoms with van der Waals surface area (Å²) >= 11 is 0. The third-order valence-electron chi connectivity index (χ3n) is 5.36. The van der Waals surface area contributed by atoms with Crippen molar-refractivity contribution in [2.24, 2.45) is 0 Å². The summed E-state index contributed by atoms with van der Waals surface area (Å²) in [5.41, 5.74) is 1.35. The molecule has 4 rings (SSSR count). The number of aromatic nitrogens is 2. The molecule has 0 bridgehead atoms. The first kappa shape index (κ1) is 19.9. The Labute approximate surface area is 174 Å². The molecule has 1 atom stereocenters. The molecule has 1 N–H and O–H groups in total. The largest absolute Gasteiger partial charge is 0.472 e. The molecule has 3 aromatic rings. The number of furan rings is 1. The van der Waals surface area contributed by atoms with E-state index in [-0.39, 0.29) is 17.9 Å². The highest BCUT2D eigenvalue weighted by molar-refractivity contribution is 5.94. The second-order valence-corrected chi connectivity index (χ2v) is 7.21. The van der Waals surface area contributed by atoms with Crippen LogP contribution in [0, 0.1) is 0 Å². The number of hydrogen-bond donors (Lipinski definition) is 1. The number of ether oxygens (including phenoxy) is 1. The van der Waals surface area contributed by atoms with Crippen LogP contribution in [-0.2, 0) is 9.53 Å². The maximum atomic E-state index is 12.8. The van der Waals surface area contributed by atoms with Gasteiger partial charge in [-0.2, -0.15) is 5.10 Å². The molecule has 3 heterocycles. The second-order valence-electron chi connectivity index (χ2n) is 7.21. The molecule has 1 unspecified atom stereocenters. The molecule has 1 aromatic carbocycles. The number of rotatable bonds is 6. The van der Waals surface area contributed by atoms with Gasteiger partial charge < -0.3 is 19.4 Å². The summed E-state index contributed by atoms with van der Waals surface area (Å²) < 4.78 is 12.3. The zero-order valence-electron chi connectivity index (χ0n) is 16.7. The number of likely N-dealkylation sites (tertiary alicyclic amines) is 1. The van der Waals surface area contributed by atoms with Crippen LogP contribution in [0.2, 0.25) is 0 Å². The number of nitrogens with one attached hydrogen (secondary N) is 1. The maximum Gasteiger partial charge on any atom is 0.259 e. The predicted octanol–water partition coefficient (Wildman–Crippen LogP) is 3.28. The number of benzene rings is 1. The quantitative estimate of drug-likeness (QED) is 0.676. The normalized spacial score (nSPS) is 15.7. The third kappa shape index (κ3) is 4.13. The van der Waals surface area contributed by atoms with Gasteiger partial charge in [0.25, 0.3) is 11.8 Å². The summed E-state index contributed by atoms with van der Waals surface area (Å²) in [6.07, 6.45) is 5.43. The van der Waals surface area contributed by atoms with Gasteiger partial charge in [-0.05, 0) is 24.5 Å². The summed E-state index contributed by atoms with van der Waals surface area (Å²) in [4.78, 5) is 27.1. The van der Waals surface area contributed by atoms with Crippen LogP contribution in [0.4, 0.5) is 5.82 Å². The van der Waals surface area contributed by atoms with E-state index in [1.54, 1.807) is 18.3 Å². The number of carbonyl (C=O) groups is 2. The Morgan fingerprint density at radius 3 is 2.60 bits per heavy atom. The van der Waals surface area contributed by atoms with Crippen LogP contribution >= 0.6 is 0 Å². The first-order valence-electron chi connectivity index (χ1n) is 9.91. The van der Waals surface area contributed by atoms with E-state index in [9.17, 15) is 9.59 Å². The molecule has 2 amide bonds. The van der Waals surface area contributed by atoms with Crippen LogP contribution in [0.5, 0.6) is 0 Å². The van der Waals surface area contributed by atoms with Gasteiger partial charge in [-0.25, -0.2) is 4.68 Å². The Morgan fingerprint density at radius 1 is 1.17 bits per heavy atom. The van der Waals surface area contributed by atoms with Crippen LogP contribution in [0.15, 0.2) is 65.6 Å². The Bertz CT molecular complexity index is 976. The van der Waals surface area contributed by atoms with Crippen molar-refractivity contribution in [1.82, 2.24) is 14.7 Å². The smallest absolute Gasteiger partial charge is 0.259 e. The van der Waals surface area contributed by atoms with Crippen LogP contribution in [-0.4, -0.2) is 46.7 Å². The van der Waals surface area contributed by atoms with Gasteiger partial charge in [0.15, 0.2) is 6.10 Å². The lowest BCUT2D eigenvalue weighted by molar-refractivity contribution is -0.126. The van der Waals surface area contributed by atoms with Crippen LogP contribution < -0.4 is 5.32 Å². The van der Waals surface area contributed by atoms with Crippen molar-refractivity contribution in [3.8, 4) is 0 Å². The fourth-order valence-electron chi connectivity index (χ4n) is 3.80. The van der Waals surface area contributed by atoms with E-state index >= 15 is 0 Å². The van der Waals surface area contributed by atoms with E-state index in [0.29, 0.717) is 24.5 Å². The molecule has 8 nitrogen and oxygen atoms in total. The van der Waals surface area contributed by atoms with Crippen molar-refractivity contribution in [2.45, 2.75) is 25.0 Å². The minimum absolute atomic E-state index is 0.0259. The van der Waals surface area contributed by atoms with E-state index in [0.717, 1.165) is 18.4 Å². The molecule has 0 spiro atoms. The number of anilines is 1. The predicted molar refractivity (Wildman–Crippen MR) is 110 cm³/mol. The molecule has 1 aliphatic heterocycles. The Hall–Kier alpha value is -3.39. The summed E-state index contributed by atoms with van der Waals surface area (Å²) in [6.45, 7) is 1.24. The molecule has 0 aliphatic carbocycles. The monoisotopic (exact) mass is 408 g/mol. The van der Waals surface area contributed by atoms with Crippen LogP contribution in [0.25, 0.3) is 0 Å². The molecule has 0 saturated carbocycles. The number of hydrogen-bond acceptors (Lipinski definition) is 5. The van der Waals surface area contributed by atoms with Gasteiger partial charge in [-0.1, -0.05) is 30.3 Å². The lowest BCUT2D eigenvalue weighted by atomic mass is 10.0. The fourth-order valence-corrected chi connectivity index (χ4v) is 3.80. The number of methoxy groups -OCH3 is 1. The average molecular weight is 408 g/mol. The molecule has 1 aliphatic rings. The lowest BCUT2D eigenvalue weighted by Gasteiger charge is -2.32. The highest BCUT2D eigenvalue weighted by atomic mass is 16.5. The number of piperidine rings is 1. The van der Waals surface area contributed by atoms with Crippen molar-refractivity contribution in [1.29, 1.82) is 0 Å². The van der Waals surface area contributed by atoms with Gasteiger partial charge in [0.1, 0.15) is 12.1 Å². The third-order valence-corrected chi connectivity index (χ3v) is 5.36. The highest BCUT2D eigenvalue weighted by Gasteiger charge is 2.28. The number of carbonyl (C=O) groups excluding carboxylic acids is 2. The van der Waals surface area contributed by atoms with Crippen LogP contribution in [0.1, 0.15) is 40.9 Å². The molecule has 156 valence electrons. The maximum absolute atomic E-state index is 12.8. The summed E-state index contributed by atoms with van der Waals surface area (Å²) in [5, 5.41) is 7.35. The Morgan fingerprint density at radius 2 is 1.93 bits per heavy atom. The SMILES string of the molecule is COC(C(=O)Nc1ccnn1C1CCN(C(=O)c2ccoc2)CC1)c1ccccc1. The second kappa shape index (κ2) is 8.96. The van der Waals surface area contributed by atoms with Crippen molar-refractivity contribution >= 4 is 17.6 Å². The summed E-state index contributed by atoms with van der Waals surface area (Å²) in [5.74, 6) is 0.345. The molecule has 0 radical (unpaired) electrons. The van der Waals surface area contributed by atoms with Crippen LogP contribution in [0.3, 0.4) is 0 Å². The molecule has 8 heteroatoms.